The fourth-order valence-corrected chi connectivity index (χ4v) is 5.30. The summed E-state index contributed by atoms with van der Waals surface area (Å²) in [5.41, 5.74) is 2.15. The Morgan fingerprint density at radius 1 is 1.10 bits per heavy atom. The fourth-order valence-electron chi connectivity index (χ4n) is 2.97. The SMILES string of the molecule is CCN(CC)CCN(C(=O)CSc1ccc(C)cc1)c1nc2ccc(Br)cc2s1. The molecular formula is C22H26BrN3OS2. The Balaban J connectivity index is 1.78. The largest absolute Gasteiger partial charge is 0.302 e. The normalized spacial score (nSPS) is 11.3. The van der Waals surface area contributed by atoms with Crippen LogP contribution in [-0.4, -0.2) is 47.7 Å². The molecule has 0 aliphatic heterocycles. The van der Waals surface area contributed by atoms with Crippen molar-refractivity contribution in [2.75, 3.05) is 36.8 Å². The highest BCUT2D eigenvalue weighted by Gasteiger charge is 2.20. The second-order valence-corrected chi connectivity index (χ2v) is 9.76. The predicted octanol–water partition coefficient (Wildman–Crippen LogP) is 5.83. The number of aromatic nitrogens is 1. The second-order valence-electron chi connectivity index (χ2n) is 6.78. The van der Waals surface area contributed by atoms with Crippen LogP contribution in [0.3, 0.4) is 0 Å². The highest BCUT2D eigenvalue weighted by molar-refractivity contribution is 9.10. The molecule has 0 atom stereocenters. The third-order valence-electron chi connectivity index (χ3n) is 4.79. The smallest absolute Gasteiger partial charge is 0.239 e. The molecule has 0 saturated carbocycles. The van der Waals surface area contributed by atoms with E-state index in [-0.39, 0.29) is 5.91 Å². The van der Waals surface area contributed by atoms with E-state index in [1.807, 2.05) is 17.0 Å². The first-order valence-electron chi connectivity index (χ1n) is 9.78. The van der Waals surface area contributed by atoms with Crippen molar-refractivity contribution in [3.63, 3.8) is 0 Å². The zero-order valence-electron chi connectivity index (χ0n) is 17.0. The number of rotatable bonds is 9. The number of carbonyl (C=O) groups excluding carboxylic acids is 1. The lowest BCUT2D eigenvalue weighted by molar-refractivity contribution is -0.116. The minimum absolute atomic E-state index is 0.0980. The standard InChI is InChI=1S/C22H26BrN3OS2/c1-4-25(5-2)12-13-26(21(27)15-28-18-9-6-16(3)7-10-18)22-24-19-11-8-17(23)14-20(19)29-22/h6-11,14H,4-5,12-13,15H2,1-3H3. The average molecular weight is 493 g/mol. The molecule has 0 spiro atoms. The van der Waals surface area contributed by atoms with Crippen LogP contribution in [0.1, 0.15) is 19.4 Å². The first-order valence-corrected chi connectivity index (χ1v) is 12.4. The number of likely N-dealkylation sites (N-methyl/N-ethyl adjacent to an activating group) is 1. The number of anilines is 1. The summed E-state index contributed by atoms with van der Waals surface area (Å²) in [6.07, 6.45) is 0. The van der Waals surface area contributed by atoms with Gasteiger partial charge in [-0.2, -0.15) is 0 Å². The number of hydrogen-bond acceptors (Lipinski definition) is 5. The summed E-state index contributed by atoms with van der Waals surface area (Å²) in [4.78, 5) is 23.2. The first-order chi connectivity index (χ1) is 14.0. The lowest BCUT2D eigenvalue weighted by Crippen LogP contribution is -2.39. The molecule has 154 valence electrons. The van der Waals surface area contributed by atoms with Crippen LogP contribution in [0.2, 0.25) is 0 Å². The maximum absolute atomic E-state index is 13.2. The maximum Gasteiger partial charge on any atom is 0.239 e. The summed E-state index contributed by atoms with van der Waals surface area (Å²) in [5, 5.41) is 0.778. The van der Waals surface area contributed by atoms with Gasteiger partial charge in [0.1, 0.15) is 0 Å². The van der Waals surface area contributed by atoms with Crippen LogP contribution in [0.4, 0.5) is 5.13 Å². The van der Waals surface area contributed by atoms with Gasteiger partial charge >= 0.3 is 0 Å². The zero-order chi connectivity index (χ0) is 20.8. The van der Waals surface area contributed by atoms with E-state index in [4.69, 9.17) is 4.98 Å². The molecule has 7 heteroatoms. The van der Waals surface area contributed by atoms with Gasteiger partial charge in [0.25, 0.3) is 0 Å². The Morgan fingerprint density at radius 3 is 2.52 bits per heavy atom. The van der Waals surface area contributed by atoms with Crippen molar-refractivity contribution in [2.45, 2.75) is 25.7 Å². The van der Waals surface area contributed by atoms with Crippen LogP contribution in [-0.2, 0) is 4.79 Å². The molecule has 3 aromatic rings. The number of aryl methyl sites for hydroxylation is 1. The molecule has 29 heavy (non-hydrogen) atoms. The molecule has 0 saturated heterocycles. The minimum Gasteiger partial charge on any atom is -0.302 e. The molecule has 0 aliphatic rings. The molecule has 0 N–H and O–H groups in total. The molecule has 1 aromatic heterocycles. The van der Waals surface area contributed by atoms with Crippen LogP contribution in [0.15, 0.2) is 51.8 Å². The van der Waals surface area contributed by atoms with Crippen LogP contribution >= 0.6 is 39.0 Å². The molecular weight excluding hydrogens is 466 g/mol. The van der Waals surface area contributed by atoms with E-state index in [1.165, 1.54) is 5.56 Å². The van der Waals surface area contributed by atoms with Gasteiger partial charge in [0, 0.05) is 22.5 Å². The fraction of sp³-hybridized carbons (Fsp3) is 0.364. The van der Waals surface area contributed by atoms with E-state index in [1.54, 1.807) is 23.1 Å². The van der Waals surface area contributed by atoms with Gasteiger partial charge in [-0.15, -0.1) is 11.8 Å². The van der Waals surface area contributed by atoms with Gasteiger partial charge in [0.15, 0.2) is 5.13 Å². The number of carbonyl (C=O) groups is 1. The number of thiazole rings is 1. The Labute approximate surface area is 189 Å². The number of amides is 1. The van der Waals surface area contributed by atoms with Crippen molar-refractivity contribution in [1.82, 2.24) is 9.88 Å². The van der Waals surface area contributed by atoms with Crippen LogP contribution in [0, 0.1) is 6.92 Å². The van der Waals surface area contributed by atoms with E-state index in [0.717, 1.165) is 44.4 Å². The first kappa shape index (κ1) is 22.3. The molecule has 0 aliphatic carbocycles. The van der Waals surface area contributed by atoms with Crippen LogP contribution in [0.5, 0.6) is 0 Å². The van der Waals surface area contributed by atoms with Crippen molar-refractivity contribution in [3.05, 3.63) is 52.5 Å². The molecule has 2 aromatic carbocycles. The number of benzene rings is 2. The molecule has 0 radical (unpaired) electrons. The zero-order valence-corrected chi connectivity index (χ0v) is 20.2. The second kappa shape index (κ2) is 10.6. The van der Waals surface area contributed by atoms with Crippen molar-refractivity contribution in [2.24, 2.45) is 0 Å². The van der Waals surface area contributed by atoms with Gasteiger partial charge in [0.2, 0.25) is 5.91 Å². The molecule has 1 amide bonds. The Morgan fingerprint density at radius 2 is 1.83 bits per heavy atom. The van der Waals surface area contributed by atoms with Gasteiger partial charge in [-0.25, -0.2) is 4.98 Å². The minimum atomic E-state index is 0.0980. The highest BCUT2D eigenvalue weighted by atomic mass is 79.9. The summed E-state index contributed by atoms with van der Waals surface area (Å²) in [6.45, 7) is 9.81. The van der Waals surface area contributed by atoms with Gasteiger partial charge < -0.3 is 4.90 Å². The summed E-state index contributed by atoms with van der Waals surface area (Å²) < 4.78 is 2.11. The van der Waals surface area contributed by atoms with Crippen molar-refractivity contribution in [3.8, 4) is 0 Å². The van der Waals surface area contributed by atoms with Crippen molar-refractivity contribution in [1.29, 1.82) is 0 Å². The Hall–Kier alpha value is -1.41. The maximum atomic E-state index is 13.2. The molecule has 1 heterocycles. The van der Waals surface area contributed by atoms with Gasteiger partial charge in [-0.3, -0.25) is 9.69 Å². The molecule has 0 bridgehead atoms. The number of nitrogens with zero attached hydrogens (tertiary/aromatic N) is 3. The third-order valence-corrected chi connectivity index (χ3v) is 7.32. The van der Waals surface area contributed by atoms with Crippen LogP contribution < -0.4 is 4.90 Å². The molecule has 0 unspecified atom stereocenters. The average Bonchev–Trinajstić information content (AvgIpc) is 3.13. The summed E-state index contributed by atoms with van der Waals surface area (Å²) >= 11 is 6.67. The third kappa shape index (κ3) is 6.04. The summed E-state index contributed by atoms with van der Waals surface area (Å²) in [5.74, 6) is 0.502. The Bertz CT molecular complexity index is 954. The molecule has 3 rings (SSSR count). The summed E-state index contributed by atoms with van der Waals surface area (Å²) in [6, 6.07) is 14.3. The summed E-state index contributed by atoms with van der Waals surface area (Å²) in [7, 11) is 0. The quantitative estimate of drug-likeness (QED) is 0.352. The van der Waals surface area contributed by atoms with Gasteiger partial charge in [0.05, 0.1) is 16.0 Å². The van der Waals surface area contributed by atoms with E-state index in [2.05, 4.69) is 71.9 Å². The number of thioether (sulfide) groups is 1. The number of halogens is 1. The van der Waals surface area contributed by atoms with Gasteiger partial charge in [-0.1, -0.05) is 58.8 Å². The van der Waals surface area contributed by atoms with E-state index < -0.39 is 0 Å². The van der Waals surface area contributed by atoms with Crippen molar-refractivity contribution >= 4 is 60.3 Å². The van der Waals surface area contributed by atoms with Crippen LogP contribution in [0.25, 0.3) is 10.2 Å². The topological polar surface area (TPSA) is 36.4 Å². The lowest BCUT2D eigenvalue weighted by Gasteiger charge is -2.24. The van der Waals surface area contributed by atoms with Gasteiger partial charge in [-0.05, 0) is 50.3 Å². The van der Waals surface area contributed by atoms with E-state index in [0.29, 0.717) is 12.3 Å². The van der Waals surface area contributed by atoms with E-state index >= 15 is 0 Å². The van der Waals surface area contributed by atoms with Crippen molar-refractivity contribution < 1.29 is 4.79 Å². The number of fused-ring (bicyclic) bond motifs is 1. The lowest BCUT2D eigenvalue weighted by atomic mass is 10.2. The molecule has 4 nitrogen and oxygen atoms in total. The molecule has 0 fully saturated rings. The van der Waals surface area contributed by atoms with E-state index in [9.17, 15) is 4.79 Å². The highest BCUT2D eigenvalue weighted by Crippen LogP contribution is 2.31. The predicted molar refractivity (Wildman–Crippen MR) is 129 cm³/mol. The monoisotopic (exact) mass is 491 g/mol. The number of hydrogen-bond donors (Lipinski definition) is 0. The Kier molecular flexibility index (Phi) is 8.12.